The van der Waals surface area contributed by atoms with Crippen LogP contribution >= 0.6 is 11.3 Å². The minimum absolute atomic E-state index is 0.118. The van der Waals surface area contributed by atoms with E-state index < -0.39 is 0 Å². The highest BCUT2D eigenvalue weighted by Gasteiger charge is 2.15. The number of amides is 1. The zero-order chi connectivity index (χ0) is 11.0. The van der Waals surface area contributed by atoms with E-state index in [2.05, 4.69) is 5.32 Å². The number of rotatable bonds is 1. The van der Waals surface area contributed by atoms with Crippen LogP contribution in [-0.2, 0) is 0 Å². The third-order valence-corrected chi connectivity index (χ3v) is 3.74. The number of hydrogen-bond donors (Lipinski definition) is 2. The fourth-order valence-electron chi connectivity index (χ4n) is 1.56. The summed E-state index contributed by atoms with van der Waals surface area (Å²) in [5.41, 5.74) is 7.67. The Balaban J connectivity index is 2.75. The molecule has 0 atom stereocenters. The maximum Gasteiger partial charge on any atom is 0.263 e. The first kappa shape index (κ1) is 9.98. The van der Waals surface area contributed by atoms with E-state index in [1.165, 1.54) is 11.3 Å². The fourth-order valence-corrected chi connectivity index (χ4v) is 2.70. The van der Waals surface area contributed by atoms with E-state index in [0.29, 0.717) is 10.6 Å². The molecule has 3 N–H and O–H groups in total. The van der Waals surface area contributed by atoms with Gasteiger partial charge >= 0.3 is 0 Å². The number of thiophene rings is 1. The molecule has 2 aromatic rings. The molecule has 4 heteroatoms. The van der Waals surface area contributed by atoms with Crippen molar-refractivity contribution in [2.75, 3.05) is 12.8 Å². The van der Waals surface area contributed by atoms with E-state index >= 15 is 0 Å². The summed E-state index contributed by atoms with van der Waals surface area (Å²) in [6.45, 7) is 2.02. The van der Waals surface area contributed by atoms with Crippen molar-refractivity contribution in [1.82, 2.24) is 5.32 Å². The predicted molar refractivity (Wildman–Crippen MR) is 64.4 cm³/mol. The van der Waals surface area contributed by atoms with Crippen LogP contribution in [0.5, 0.6) is 0 Å². The molecule has 0 fully saturated rings. The molecule has 1 aromatic heterocycles. The molecule has 0 saturated heterocycles. The number of carbonyl (C=O) groups excluding carboxylic acids is 1. The van der Waals surface area contributed by atoms with Gasteiger partial charge in [-0.3, -0.25) is 4.79 Å². The first-order chi connectivity index (χ1) is 7.15. The van der Waals surface area contributed by atoms with E-state index in [1.54, 1.807) is 7.05 Å². The van der Waals surface area contributed by atoms with Crippen LogP contribution in [0.15, 0.2) is 18.2 Å². The van der Waals surface area contributed by atoms with Gasteiger partial charge in [0.15, 0.2) is 0 Å². The summed E-state index contributed by atoms with van der Waals surface area (Å²) in [6.07, 6.45) is 0. The standard InChI is InChI=1S/C11H12N2OS/c1-6-4-3-5-7-8(12)10(11(14)13-2)15-9(6)7/h3-5H,12H2,1-2H3,(H,13,14). The Bertz CT molecular complexity index is 531. The van der Waals surface area contributed by atoms with Gasteiger partial charge < -0.3 is 11.1 Å². The summed E-state index contributed by atoms with van der Waals surface area (Å²) in [7, 11) is 1.61. The van der Waals surface area contributed by atoms with Crippen molar-refractivity contribution in [2.24, 2.45) is 0 Å². The number of nitrogens with two attached hydrogens (primary N) is 1. The Morgan fingerprint density at radius 1 is 1.47 bits per heavy atom. The Kier molecular flexibility index (Phi) is 2.36. The number of anilines is 1. The largest absolute Gasteiger partial charge is 0.397 e. The molecule has 0 aliphatic heterocycles. The van der Waals surface area contributed by atoms with Crippen LogP contribution in [-0.4, -0.2) is 13.0 Å². The second kappa shape index (κ2) is 3.55. The molecule has 1 heterocycles. The van der Waals surface area contributed by atoms with Crippen LogP contribution in [0.3, 0.4) is 0 Å². The van der Waals surface area contributed by atoms with Crippen LogP contribution in [0.4, 0.5) is 5.69 Å². The smallest absolute Gasteiger partial charge is 0.263 e. The fraction of sp³-hybridized carbons (Fsp3) is 0.182. The number of fused-ring (bicyclic) bond motifs is 1. The summed E-state index contributed by atoms with van der Waals surface area (Å²) in [6, 6.07) is 5.92. The van der Waals surface area contributed by atoms with Crippen molar-refractivity contribution < 1.29 is 4.79 Å². The minimum atomic E-state index is -0.118. The van der Waals surface area contributed by atoms with Crippen molar-refractivity contribution in [1.29, 1.82) is 0 Å². The third-order valence-electron chi connectivity index (χ3n) is 2.38. The molecular weight excluding hydrogens is 208 g/mol. The lowest BCUT2D eigenvalue weighted by Gasteiger charge is -1.96. The molecule has 1 amide bonds. The zero-order valence-electron chi connectivity index (χ0n) is 8.63. The number of nitrogens with one attached hydrogen (secondary N) is 1. The van der Waals surface area contributed by atoms with E-state index in [9.17, 15) is 4.79 Å². The average Bonchev–Trinajstić information content (AvgIpc) is 2.57. The SMILES string of the molecule is CNC(=O)c1sc2c(C)cccc2c1N. The minimum Gasteiger partial charge on any atom is -0.397 e. The monoisotopic (exact) mass is 220 g/mol. The second-order valence-electron chi connectivity index (χ2n) is 3.38. The summed E-state index contributed by atoms with van der Waals surface area (Å²) in [5.74, 6) is -0.118. The van der Waals surface area contributed by atoms with E-state index in [0.717, 1.165) is 15.6 Å². The number of aryl methyl sites for hydroxylation is 1. The number of nitrogen functional groups attached to an aromatic ring is 1. The van der Waals surface area contributed by atoms with E-state index in [4.69, 9.17) is 5.73 Å². The van der Waals surface area contributed by atoms with E-state index in [1.807, 2.05) is 25.1 Å². The van der Waals surface area contributed by atoms with Crippen molar-refractivity contribution in [3.63, 3.8) is 0 Å². The van der Waals surface area contributed by atoms with Crippen LogP contribution in [0.25, 0.3) is 10.1 Å². The molecule has 0 spiro atoms. The molecule has 0 aliphatic rings. The Morgan fingerprint density at radius 2 is 2.20 bits per heavy atom. The van der Waals surface area contributed by atoms with Crippen molar-refractivity contribution in [2.45, 2.75) is 6.92 Å². The molecule has 78 valence electrons. The van der Waals surface area contributed by atoms with Crippen LogP contribution in [0.1, 0.15) is 15.2 Å². The summed E-state index contributed by atoms with van der Waals surface area (Å²) < 4.78 is 1.09. The molecule has 0 saturated carbocycles. The maximum absolute atomic E-state index is 11.5. The highest BCUT2D eigenvalue weighted by Crippen LogP contribution is 2.35. The van der Waals surface area contributed by atoms with Gasteiger partial charge in [0.2, 0.25) is 0 Å². The van der Waals surface area contributed by atoms with Gasteiger partial charge in [-0.15, -0.1) is 11.3 Å². The van der Waals surface area contributed by atoms with Crippen molar-refractivity contribution >= 4 is 33.0 Å². The lowest BCUT2D eigenvalue weighted by molar-refractivity contribution is 0.0968. The second-order valence-corrected chi connectivity index (χ2v) is 4.40. The number of benzene rings is 1. The number of carbonyl (C=O) groups is 1. The average molecular weight is 220 g/mol. The lowest BCUT2D eigenvalue weighted by atomic mass is 10.1. The summed E-state index contributed by atoms with van der Waals surface area (Å²) in [4.78, 5) is 12.1. The number of hydrogen-bond acceptors (Lipinski definition) is 3. The highest BCUT2D eigenvalue weighted by molar-refractivity contribution is 7.21. The predicted octanol–water partition coefficient (Wildman–Crippen LogP) is 2.15. The van der Waals surface area contributed by atoms with Gasteiger partial charge in [-0.1, -0.05) is 18.2 Å². The Labute approximate surface area is 91.9 Å². The Hall–Kier alpha value is -1.55. The van der Waals surface area contributed by atoms with Gasteiger partial charge in [-0.2, -0.15) is 0 Å². The molecule has 3 nitrogen and oxygen atoms in total. The lowest BCUT2D eigenvalue weighted by Crippen LogP contribution is -2.17. The summed E-state index contributed by atoms with van der Waals surface area (Å²) in [5, 5.41) is 3.56. The zero-order valence-corrected chi connectivity index (χ0v) is 9.44. The summed E-state index contributed by atoms with van der Waals surface area (Å²) >= 11 is 1.45. The Morgan fingerprint density at radius 3 is 2.80 bits per heavy atom. The molecular formula is C11H12N2OS. The first-order valence-corrected chi connectivity index (χ1v) is 5.46. The molecule has 15 heavy (non-hydrogen) atoms. The van der Waals surface area contributed by atoms with Gasteiger partial charge in [0, 0.05) is 17.1 Å². The molecule has 0 bridgehead atoms. The first-order valence-electron chi connectivity index (χ1n) is 4.65. The topological polar surface area (TPSA) is 55.1 Å². The van der Waals surface area contributed by atoms with Gasteiger partial charge in [-0.05, 0) is 12.5 Å². The third kappa shape index (κ3) is 1.47. The van der Waals surface area contributed by atoms with E-state index in [-0.39, 0.29) is 5.91 Å². The van der Waals surface area contributed by atoms with Crippen LogP contribution < -0.4 is 11.1 Å². The molecule has 1 aromatic carbocycles. The highest BCUT2D eigenvalue weighted by atomic mass is 32.1. The van der Waals surface area contributed by atoms with Crippen LogP contribution in [0, 0.1) is 6.92 Å². The molecule has 0 aliphatic carbocycles. The molecule has 2 rings (SSSR count). The quantitative estimate of drug-likeness (QED) is 0.773. The normalized spacial score (nSPS) is 10.5. The van der Waals surface area contributed by atoms with Crippen molar-refractivity contribution in [3.8, 4) is 0 Å². The molecule has 0 radical (unpaired) electrons. The molecule has 0 unspecified atom stereocenters. The van der Waals surface area contributed by atoms with Crippen LogP contribution in [0.2, 0.25) is 0 Å². The van der Waals surface area contributed by atoms with Crippen molar-refractivity contribution in [3.05, 3.63) is 28.6 Å². The van der Waals surface area contributed by atoms with Gasteiger partial charge in [0.1, 0.15) is 4.88 Å². The van der Waals surface area contributed by atoms with Gasteiger partial charge in [0.25, 0.3) is 5.91 Å². The maximum atomic E-state index is 11.5. The van der Waals surface area contributed by atoms with Gasteiger partial charge in [-0.25, -0.2) is 0 Å². The van der Waals surface area contributed by atoms with Gasteiger partial charge in [0.05, 0.1) is 5.69 Å².